The maximum absolute atomic E-state index is 14.2. The van der Waals surface area contributed by atoms with Gasteiger partial charge >= 0.3 is 5.97 Å². The summed E-state index contributed by atoms with van der Waals surface area (Å²) in [5.41, 5.74) is 0.554. The van der Waals surface area contributed by atoms with Crippen LogP contribution in [0.1, 0.15) is 51.2 Å². The van der Waals surface area contributed by atoms with Crippen LogP contribution >= 0.6 is 0 Å². The first kappa shape index (κ1) is 18.6. The van der Waals surface area contributed by atoms with Crippen LogP contribution < -0.4 is 0 Å². The average molecular weight is 336 g/mol. The van der Waals surface area contributed by atoms with Gasteiger partial charge in [-0.05, 0) is 39.2 Å². The van der Waals surface area contributed by atoms with Crippen LogP contribution in [0, 0.1) is 11.7 Å². The predicted molar refractivity (Wildman–Crippen MR) is 89.0 cm³/mol. The molecule has 0 bridgehead atoms. The summed E-state index contributed by atoms with van der Waals surface area (Å²) in [7, 11) is 0. The Morgan fingerprint density at radius 2 is 2.12 bits per heavy atom. The number of carboxylic acid groups (broad SMARTS) is 1. The highest BCUT2D eigenvalue weighted by Crippen LogP contribution is 2.39. The highest BCUT2D eigenvalue weighted by atomic mass is 19.1. The Morgan fingerprint density at radius 1 is 1.38 bits per heavy atom. The predicted octanol–water partition coefficient (Wildman–Crippen LogP) is 4.47. The Morgan fingerprint density at radius 3 is 2.83 bits per heavy atom. The van der Waals surface area contributed by atoms with E-state index in [1.165, 1.54) is 6.07 Å². The summed E-state index contributed by atoms with van der Waals surface area (Å²) < 4.78 is 25.9. The molecule has 1 aromatic carbocycles. The zero-order valence-corrected chi connectivity index (χ0v) is 14.2. The van der Waals surface area contributed by atoms with Crippen molar-refractivity contribution in [3.8, 4) is 0 Å². The number of hydrogen-bond acceptors (Lipinski definition) is 3. The second kappa shape index (κ2) is 8.40. The van der Waals surface area contributed by atoms with Gasteiger partial charge in [0.1, 0.15) is 5.82 Å². The molecule has 2 atom stereocenters. The number of allylic oxidation sites excluding steroid dienone is 2. The molecule has 1 aliphatic rings. The molecule has 1 saturated heterocycles. The van der Waals surface area contributed by atoms with E-state index in [2.05, 4.69) is 0 Å². The molecular weight excluding hydrogens is 311 g/mol. The number of benzene rings is 1. The summed E-state index contributed by atoms with van der Waals surface area (Å²) in [4.78, 5) is 10.5. The van der Waals surface area contributed by atoms with Crippen molar-refractivity contribution in [2.75, 3.05) is 6.61 Å². The van der Waals surface area contributed by atoms with Crippen molar-refractivity contribution in [3.05, 3.63) is 47.8 Å². The highest BCUT2D eigenvalue weighted by molar-refractivity contribution is 5.66. The van der Waals surface area contributed by atoms with Gasteiger partial charge in [0.25, 0.3) is 0 Å². The number of carboxylic acids is 1. The Hall–Kier alpha value is -1.72. The standard InChI is InChI=1S/C19H25FO4/c1-19(2)23-13-14(9-5-3-4-6-12-17(21)22)18(24-19)15-10-7-8-11-16(15)20/h3,5,7-8,10-11,14,18H,4,6,9,12-13H2,1-2H3,(H,21,22)/t14-,18+/m1/s1. The van der Waals surface area contributed by atoms with Gasteiger partial charge in [-0.3, -0.25) is 4.79 Å². The Labute approximate surface area is 142 Å². The Bertz CT molecular complexity index is 582. The molecule has 1 N–H and O–H groups in total. The number of halogens is 1. The van der Waals surface area contributed by atoms with Gasteiger partial charge in [0.05, 0.1) is 12.7 Å². The zero-order chi connectivity index (χ0) is 17.6. The summed E-state index contributed by atoms with van der Waals surface area (Å²) in [6, 6.07) is 6.68. The first-order valence-corrected chi connectivity index (χ1v) is 8.32. The number of rotatable bonds is 7. The molecule has 4 nitrogen and oxygen atoms in total. The molecule has 0 aromatic heterocycles. The van der Waals surface area contributed by atoms with Crippen LogP contribution in [0.25, 0.3) is 0 Å². The van der Waals surface area contributed by atoms with E-state index in [-0.39, 0.29) is 24.3 Å². The van der Waals surface area contributed by atoms with Gasteiger partial charge in [0, 0.05) is 17.9 Å². The molecule has 0 aliphatic carbocycles. The average Bonchev–Trinajstić information content (AvgIpc) is 2.51. The smallest absolute Gasteiger partial charge is 0.303 e. The molecule has 1 aliphatic heterocycles. The van der Waals surface area contributed by atoms with Crippen molar-refractivity contribution in [1.29, 1.82) is 0 Å². The molecule has 0 saturated carbocycles. The van der Waals surface area contributed by atoms with Gasteiger partial charge in [-0.25, -0.2) is 4.39 Å². The molecule has 132 valence electrons. The van der Waals surface area contributed by atoms with E-state index < -0.39 is 11.8 Å². The van der Waals surface area contributed by atoms with E-state index in [1.807, 2.05) is 32.1 Å². The number of unbranched alkanes of at least 4 members (excludes halogenated alkanes) is 1. The van der Waals surface area contributed by atoms with Crippen LogP contribution in [0.15, 0.2) is 36.4 Å². The lowest BCUT2D eigenvalue weighted by molar-refractivity contribution is -0.295. The summed E-state index contributed by atoms with van der Waals surface area (Å²) >= 11 is 0. The van der Waals surface area contributed by atoms with Gasteiger partial charge in [-0.15, -0.1) is 0 Å². The van der Waals surface area contributed by atoms with Gasteiger partial charge in [-0.2, -0.15) is 0 Å². The van der Waals surface area contributed by atoms with E-state index >= 15 is 0 Å². The lowest BCUT2D eigenvalue weighted by atomic mass is 9.91. The third kappa shape index (κ3) is 5.42. The lowest BCUT2D eigenvalue weighted by Crippen LogP contribution is -2.41. The van der Waals surface area contributed by atoms with Crippen LogP contribution in [0.5, 0.6) is 0 Å². The Kier molecular flexibility index (Phi) is 6.52. The van der Waals surface area contributed by atoms with E-state index in [0.717, 1.165) is 6.42 Å². The molecule has 1 fully saturated rings. The fourth-order valence-electron chi connectivity index (χ4n) is 2.81. The third-order valence-corrected chi connectivity index (χ3v) is 4.06. The van der Waals surface area contributed by atoms with Crippen LogP contribution in [-0.4, -0.2) is 23.5 Å². The quantitative estimate of drug-likeness (QED) is 0.590. The van der Waals surface area contributed by atoms with E-state index in [1.54, 1.807) is 12.1 Å². The molecule has 0 amide bonds. The second-order valence-corrected chi connectivity index (χ2v) is 6.52. The number of carbonyl (C=O) groups is 1. The maximum Gasteiger partial charge on any atom is 0.303 e. The van der Waals surface area contributed by atoms with Crippen molar-refractivity contribution in [2.24, 2.45) is 5.92 Å². The van der Waals surface area contributed by atoms with Crippen LogP contribution in [-0.2, 0) is 14.3 Å². The SMILES string of the molecule is CC1(C)OC[C@@H](CC=CCCCC(=O)O)[C@@H](c2ccccc2F)O1. The van der Waals surface area contributed by atoms with Crippen molar-refractivity contribution >= 4 is 5.97 Å². The van der Waals surface area contributed by atoms with Gasteiger partial charge in [0.2, 0.25) is 0 Å². The first-order chi connectivity index (χ1) is 11.4. The summed E-state index contributed by atoms with van der Waals surface area (Å²) in [6.45, 7) is 4.16. The van der Waals surface area contributed by atoms with Gasteiger partial charge < -0.3 is 14.6 Å². The third-order valence-electron chi connectivity index (χ3n) is 4.06. The fraction of sp³-hybridized carbons (Fsp3) is 0.526. The van der Waals surface area contributed by atoms with Gasteiger partial charge in [-0.1, -0.05) is 30.4 Å². The number of aliphatic carboxylic acids is 1. The summed E-state index contributed by atoms with van der Waals surface area (Å²) in [6.07, 6.45) is 5.82. The molecule has 1 aromatic rings. The molecule has 1 heterocycles. The second-order valence-electron chi connectivity index (χ2n) is 6.52. The normalized spacial score (nSPS) is 23.5. The van der Waals surface area contributed by atoms with Crippen molar-refractivity contribution in [1.82, 2.24) is 0 Å². The van der Waals surface area contributed by atoms with E-state index in [4.69, 9.17) is 14.6 Å². The molecular formula is C19H25FO4. The minimum Gasteiger partial charge on any atom is -0.481 e. The molecule has 2 rings (SSSR count). The largest absolute Gasteiger partial charge is 0.481 e. The minimum atomic E-state index is -0.778. The molecule has 0 radical (unpaired) electrons. The van der Waals surface area contributed by atoms with Crippen LogP contribution in [0.2, 0.25) is 0 Å². The van der Waals surface area contributed by atoms with Crippen molar-refractivity contribution in [2.45, 2.75) is 51.4 Å². The molecule has 0 unspecified atom stereocenters. The zero-order valence-electron chi connectivity index (χ0n) is 14.2. The summed E-state index contributed by atoms with van der Waals surface area (Å²) in [5, 5.41) is 8.62. The molecule has 5 heteroatoms. The van der Waals surface area contributed by atoms with Crippen molar-refractivity contribution in [3.63, 3.8) is 0 Å². The highest BCUT2D eigenvalue weighted by Gasteiger charge is 2.37. The number of hydrogen-bond donors (Lipinski definition) is 1. The first-order valence-electron chi connectivity index (χ1n) is 8.32. The lowest BCUT2D eigenvalue weighted by Gasteiger charge is -2.41. The topological polar surface area (TPSA) is 55.8 Å². The number of ether oxygens (including phenoxy) is 2. The summed E-state index contributed by atoms with van der Waals surface area (Å²) in [5.74, 6) is -1.77. The fourth-order valence-corrected chi connectivity index (χ4v) is 2.81. The van der Waals surface area contributed by atoms with Crippen molar-refractivity contribution < 1.29 is 23.8 Å². The van der Waals surface area contributed by atoms with Crippen LogP contribution in [0.4, 0.5) is 4.39 Å². The van der Waals surface area contributed by atoms with Crippen LogP contribution in [0.3, 0.4) is 0 Å². The molecule has 24 heavy (non-hydrogen) atoms. The molecule has 0 spiro atoms. The van der Waals surface area contributed by atoms with E-state index in [9.17, 15) is 9.18 Å². The Balaban J connectivity index is 2.00. The monoisotopic (exact) mass is 336 g/mol. The maximum atomic E-state index is 14.2. The van der Waals surface area contributed by atoms with E-state index in [0.29, 0.717) is 25.0 Å². The van der Waals surface area contributed by atoms with Gasteiger partial charge in [0.15, 0.2) is 5.79 Å². The minimum absolute atomic E-state index is 0.0191.